The second-order valence-electron chi connectivity index (χ2n) is 6.51. The quantitative estimate of drug-likeness (QED) is 0.445. The number of piperidine rings is 1. The van der Waals surface area contributed by atoms with Crippen molar-refractivity contribution in [3.63, 3.8) is 0 Å². The summed E-state index contributed by atoms with van der Waals surface area (Å²) in [6, 6.07) is 5.01. The van der Waals surface area contributed by atoms with Gasteiger partial charge in [-0.25, -0.2) is 0 Å². The molecule has 2 N–H and O–H groups in total. The van der Waals surface area contributed by atoms with Crippen LogP contribution in [0.3, 0.4) is 0 Å². The molecule has 0 spiro atoms. The second-order valence-corrected chi connectivity index (χ2v) is 10.3. The minimum absolute atomic E-state index is 0.0921. The van der Waals surface area contributed by atoms with Gasteiger partial charge in [0, 0.05) is 0 Å². The summed E-state index contributed by atoms with van der Waals surface area (Å²) in [5, 5.41) is 26.5. The first-order valence-corrected chi connectivity index (χ1v) is 11.4. The van der Waals surface area contributed by atoms with E-state index in [9.17, 15) is 5.11 Å². The van der Waals surface area contributed by atoms with E-state index in [-0.39, 0.29) is 12.2 Å². The molecule has 3 aromatic rings. The van der Waals surface area contributed by atoms with E-state index in [4.69, 9.17) is 21.5 Å². The first kappa shape index (κ1) is 20.6. The summed E-state index contributed by atoms with van der Waals surface area (Å²) in [6.45, 7) is 2.07. The van der Waals surface area contributed by atoms with E-state index >= 15 is 0 Å². The molecule has 10 heteroatoms. The number of likely N-dealkylation sites (tertiary alicyclic amines) is 1. The fourth-order valence-corrected chi connectivity index (χ4v) is 6.73. The number of phenols is 1. The molecule has 8 nitrogen and oxygen atoms in total. The van der Waals surface area contributed by atoms with E-state index in [1.807, 2.05) is 10.6 Å². The number of hydrogen-bond acceptors (Lipinski definition) is 6. The van der Waals surface area contributed by atoms with Crippen LogP contribution in [0.25, 0.3) is 17.0 Å². The fraction of sp³-hybridized carbons (Fsp3) is 0.333. The molecule has 2 aromatic heterocycles. The predicted molar refractivity (Wildman–Crippen MR) is 109 cm³/mol. The van der Waals surface area contributed by atoms with E-state index in [0.29, 0.717) is 21.1 Å². The average molecular weight is 466 g/mol. The van der Waals surface area contributed by atoms with Gasteiger partial charge in [-0.15, -0.1) is 0 Å². The first-order valence-electron chi connectivity index (χ1n) is 8.75. The molecular weight excluding hydrogens is 445 g/mol. The Bertz CT molecular complexity index is 968. The summed E-state index contributed by atoms with van der Waals surface area (Å²) < 4.78 is 3.65. The number of aromatic nitrogens is 4. The number of carbonyl (C=O) groups is 1. The largest absolute Gasteiger partial charge is 0.483 e. The molecule has 0 saturated carbocycles. The van der Waals surface area contributed by atoms with Gasteiger partial charge in [-0.3, -0.25) is 4.79 Å². The van der Waals surface area contributed by atoms with Crippen molar-refractivity contribution in [1.82, 2.24) is 24.5 Å². The van der Waals surface area contributed by atoms with Gasteiger partial charge in [-0.2, -0.15) is 0 Å². The molecule has 0 aliphatic carbocycles. The van der Waals surface area contributed by atoms with Crippen molar-refractivity contribution < 1.29 is 15.0 Å². The van der Waals surface area contributed by atoms with Crippen LogP contribution in [0.5, 0.6) is 5.75 Å². The third-order valence-electron chi connectivity index (χ3n) is 4.49. The van der Waals surface area contributed by atoms with Crippen molar-refractivity contribution in [2.75, 3.05) is 20.1 Å². The number of carboxylic acid groups (broad SMARTS) is 1. The van der Waals surface area contributed by atoms with Crippen molar-refractivity contribution >= 4 is 44.0 Å². The maximum absolute atomic E-state index is 10.2. The molecule has 1 unspecified atom stereocenters. The molecule has 2 atom stereocenters. The van der Waals surface area contributed by atoms with Crippen LogP contribution >= 0.6 is 11.6 Å². The van der Waals surface area contributed by atoms with Crippen LogP contribution in [0, 0.1) is 0 Å². The number of benzene rings is 1. The Morgan fingerprint density at radius 3 is 2.86 bits per heavy atom. The Kier molecular flexibility index (Phi) is 6.88. The molecule has 3 heterocycles. The molecule has 1 saturated heterocycles. The molecule has 0 radical (unpaired) electrons. The van der Waals surface area contributed by atoms with Gasteiger partial charge < -0.3 is 5.11 Å². The van der Waals surface area contributed by atoms with Crippen LogP contribution in [0.15, 0.2) is 30.6 Å². The van der Waals surface area contributed by atoms with Crippen LogP contribution in [-0.4, -0.2) is 77.1 Å². The Morgan fingerprint density at radius 2 is 2.14 bits per heavy atom. The number of hydrogen-bond donors (Lipinski definition) is 2. The number of halogens is 1. The average Bonchev–Trinajstić information content (AvgIpc) is 3.14. The van der Waals surface area contributed by atoms with Crippen LogP contribution in [-0.2, 0) is 4.79 Å². The summed E-state index contributed by atoms with van der Waals surface area (Å²) in [5.74, 6) is 0.673. The third-order valence-corrected chi connectivity index (χ3v) is 7.82. The zero-order chi connectivity index (χ0) is 20.1. The Labute approximate surface area is 173 Å². The van der Waals surface area contributed by atoms with E-state index in [0.717, 1.165) is 16.7 Å². The predicted octanol–water partition coefficient (Wildman–Crippen LogP) is 1.43. The summed E-state index contributed by atoms with van der Waals surface area (Å²) in [5.41, 5.74) is 1.46. The van der Waals surface area contributed by atoms with Gasteiger partial charge in [-0.05, 0) is 0 Å². The summed E-state index contributed by atoms with van der Waals surface area (Å²) in [6.07, 6.45) is 6.14. The van der Waals surface area contributed by atoms with Crippen LogP contribution < -0.4 is 4.48 Å². The van der Waals surface area contributed by atoms with E-state index < -0.39 is 15.8 Å². The second kappa shape index (κ2) is 9.36. The Balaban J connectivity index is 0.000000706. The Hall–Kier alpha value is -2.15. The molecule has 1 aliphatic heterocycles. The van der Waals surface area contributed by atoms with Crippen molar-refractivity contribution in [2.45, 2.75) is 17.5 Å². The minimum atomic E-state index is -0.432. The summed E-state index contributed by atoms with van der Waals surface area (Å²) >= 11 is 5.50. The summed E-state index contributed by atoms with van der Waals surface area (Å²) in [4.78, 5) is 15.3. The van der Waals surface area contributed by atoms with Crippen molar-refractivity contribution in [2.24, 2.45) is 0 Å². The van der Waals surface area contributed by atoms with E-state index in [1.165, 1.54) is 25.5 Å². The maximum atomic E-state index is 10.2. The first-order chi connectivity index (χ1) is 13.5. The molecule has 1 aliphatic rings. The number of rotatable bonds is 3. The SMILES string of the molecule is CN1CCC[C@@H]([AsH]c2nnc(-c3ccc(Cl)cc3O)n3ccnc23)C1.O=CO. The van der Waals surface area contributed by atoms with Gasteiger partial charge in [0.05, 0.1) is 0 Å². The third kappa shape index (κ3) is 4.63. The van der Waals surface area contributed by atoms with Gasteiger partial charge in [-0.1, -0.05) is 0 Å². The van der Waals surface area contributed by atoms with Crippen LogP contribution in [0.4, 0.5) is 0 Å². The van der Waals surface area contributed by atoms with Crippen molar-refractivity contribution in [3.05, 3.63) is 35.6 Å². The smallest absolute Gasteiger partial charge is 0.290 e. The molecule has 148 valence electrons. The van der Waals surface area contributed by atoms with Gasteiger partial charge >= 0.3 is 158 Å². The van der Waals surface area contributed by atoms with E-state index in [2.05, 4.69) is 27.1 Å². The number of phenolic OH excluding ortho intramolecular Hbond substituents is 1. The number of nitrogens with zero attached hydrogens (tertiary/aromatic N) is 5. The van der Waals surface area contributed by atoms with Gasteiger partial charge in [0.1, 0.15) is 0 Å². The van der Waals surface area contributed by atoms with Gasteiger partial charge in [0.15, 0.2) is 0 Å². The molecule has 1 fully saturated rings. The zero-order valence-electron chi connectivity index (χ0n) is 15.3. The monoisotopic (exact) mass is 465 g/mol. The van der Waals surface area contributed by atoms with Crippen molar-refractivity contribution in [1.29, 1.82) is 0 Å². The summed E-state index contributed by atoms with van der Waals surface area (Å²) in [7, 11) is 2.18. The number of aromatic hydroxyl groups is 1. The van der Waals surface area contributed by atoms with Gasteiger partial charge in [0.25, 0.3) is 6.47 Å². The fourth-order valence-electron chi connectivity index (χ4n) is 3.29. The van der Waals surface area contributed by atoms with Crippen LogP contribution in [0.2, 0.25) is 9.73 Å². The molecule has 1 aromatic carbocycles. The van der Waals surface area contributed by atoms with Crippen LogP contribution in [0.1, 0.15) is 12.8 Å². The molecular formula is C18H21AsClN5O3. The van der Waals surface area contributed by atoms with Crippen molar-refractivity contribution in [3.8, 4) is 17.1 Å². The minimum Gasteiger partial charge on any atom is -0.483 e. The molecule has 28 heavy (non-hydrogen) atoms. The maximum Gasteiger partial charge on any atom is 0.290 e. The molecule has 0 amide bonds. The van der Waals surface area contributed by atoms with Gasteiger partial charge in [0.2, 0.25) is 0 Å². The molecule has 0 bridgehead atoms. The Morgan fingerprint density at radius 1 is 1.36 bits per heavy atom. The standard InChI is InChI=1S/C17H19AsClN5O.CH2O2/c1-23-7-2-3-11(10-23)18-15-17-20-6-8-24(17)16(22-21-15)13-5-4-12(19)9-14(13)25;2-1-3/h4-6,8-9,11,18,25H,2-3,7,10H2,1H3;1H,(H,2,3)/t11-;/m1./s1. The zero-order valence-corrected chi connectivity index (χ0v) is 18.1. The normalized spacial score (nSPS) is 17.6. The topological polar surface area (TPSA) is 104 Å². The number of fused-ring (bicyclic) bond motifs is 1. The molecule has 4 rings (SSSR count). The van der Waals surface area contributed by atoms with E-state index in [1.54, 1.807) is 18.3 Å². The number of imidazole rings is 1.